The van der Waals surface area contributed by atoms with Crippen molar-refractivity contribution in [3.8, 4) is 0 Å². The van der Waals surface area contributed by atoms with Crippen molar-refractivity contribution in [2.24, 2.45) is 0 Å². The highest BCUT2D eigenvalue weighted by atomic mass is 19.1. The molecule has 0 aliphatic carbocycles. The minimum Gasteiger partial charge on any atom is -0.465 e. The van der Waals surface area contributed by atoms with Crippen LogP contribution in [0.5, 0.6) is 0 Å². The molecule has 0 aromatic heterocycles. The van der Waals surface area contributed by atoms with Crippen LogP contribution < -0.4 is 0 Å². The smallest absolute Gasteiger partial charge is 0.320 e. The largest absolute Gasteiger partial charge is 0.465 e. The summed E-state index contributed by atoms with van der Waals surface area (Å²) in [5.74, 6) is -1.23. The second-order valence-corrected chi connectivity index (χ2v) is 4.85. The predicted molar refractivity (Wildman–Crippen MR) is 75.2 cm³/mol. The molecule has 0 saturated heterocycles. The number of rotatable bonds is 7. The highest BCUT2D eigenvalue weighted by Gasteiger charge is 2.18. The molecule has 0 aliphatic rings. The van der Waals surface area contributed by atoms with Gasteiger partial charge in [0.15, 0.2) is 0 Å². The van der Waals surface area contributed by atoms with Crippen molar-refractivity contribution in [3.05, 3.63) is 39.7 Å². The molecule has 0 bridgehead atoms. The molecule has 0 radical (unpaired) electrons. The molecule has 116 valence electrons. The van der Waals surface area contributed by atoms with Crippen LogP contribution in [-0.2, 0) is 16.1 Å². The molecule has 0 heterocycles. The zero-order valence-electron chi connectivity index (χ0n) is 12.3. The van der Waals surface area contributed by atoms with Gasteiger partial charge in [-0.05, 0) is 32.4 Å². The molecule has 1 aromatic carbocycles. The minimum atomic E-state index is -0.877. The van der Waals surface area contributed by atoms with E-state index in [0.29, 0.717) is 18.7 Å². The lowest BCUT2D eigenvalue weighted by molar-refractivity contribution is -0.387. The van der Waals surface area contributed by atoms with Gasteiger partial charge in [-0.1, -0.05) is 6.07 Å². The Kier molecular flexibility index (Phi) is 6.23. The maximum absolute atomic E-state index is 13.6. The van der Waals surface area contributed by atoms with E-state index in [-0.39, 0.29) is 18.6 Å². The van der Waals surface area contributed by atoms with Crippen molar-refractivity contribution in [2.45, 2.75) is 33.4 Å². The molecule has 0 spiro atoms. The van der Waals surface area contributed by atoms with Crippen LogP contribution in [0.2, 0.25) is 0 Å². The monoisotopic (exact) mass is 298 g/mol. The van der Waals surface area contributed by atoms with Gasteiger partial charge in [-0.15, -0.1) is 0 Å². The summed E-state index contributed by atoms with van der Waals surface area (Å²) in [4.78, 5) is 23.1. The molecule has 0 N–H and O–H groups in total. The third-order valence-corrected chi connectivity index (χ3v) is 2.96. The Labute approximate surface area is 122 Å². The van der Waals surface area contributed by atoms with E-state index in [1.807, 2.05) is 13.8 Å². The minimum absolute atomic E-state index is 0.0488. The quantitative estimate of drug-likeness (QED) is 0.439. The first-order valence-electron chi connectivity index (χ1n) is 6.67. The third-order valence-electron chi connectivity index (χ3n) is 2.96. The Morgan fingerprint density at radius 2 is 2.14 bits per heavy atom. The van der Waals surface area contributed by atoms with Gasteiger partial charge in [0.2, 0.25) is 5.82 Å². The summed E-state index contributed by atoms with van der Waals surface area (Å²) in [7, 11) is 0. The van der Waals surface area contributed by atoms with E-state index in [0.717, 1.165) is 12.1 Å². The lowest BCUT2D eigenvalue weighted by Crippen LogP contribution is -2.36. The Hall–Kier alpha value is -2.02. The molecule has 21 heavy (non-hydrogen) atoms. The molecule has 6 nitrogen and oxygen atoms in total. The van der Waals surface area contributed by atoms with Gasteiger partial charge in [-0.25, -0.2) is 0 Å². The van der Waals surface area contributed by atoms with E-state index in [2.05, 4.69) is 0 Å². The normalized spacial score (nSPS) is 11.0. The van der Waals surface area contributed by atoms with Gasteiger partial charge in [0.1, 0.15) is 0 Å². The molecule has 0 amide bonds. The van der Waals surface area contributed by atoms with Gasteiger partial charge >= 0.3 is 11.7 Å². The van der Waals surface area contributed by atoms with Crippen LogP contribution in [0.15, 0.2) is 18.2 Å². The van der Waals surface area contributed by atoms with E-state index in [4.69, 9.17) is 4.74 Å². The van der Waals surface area contributed by atoms with E-state index in [9.17, 15) is 19.3 Å². The number of benzene rings is 1. The van der Waals surface area contributed by atoms with Crippen LogP contribution in [-0.4, -0.2) is 35.0 Å². The number of esters is 1. The molecular weight excluding hydrogens is 279 g/mol. The summed E-state index contributed by atoms with van der Waals surface area (Å²) in [5.41, 5.74) is 0.0105. The molecule has 0 fully saturated rings. The highest BCUT2D eigenvalue weighted by Crippen LogP contribution is 2.19. The van der Waals surface area contributed by atoms with Crippen LogP contribution in [0, 0.1) is 15.9 Å². The summed E-state index contributed by atoms with van der Waals surface area (Å²) in [6.45, 7) is 6.23. The molecule has 1 aromatic rings. The van der Waals surface area contributed by atoms with Crippen LogP contribution in [0.1, 0.15) is 26.3 Å². The van der Waals surface area contributed by atoms with E-state index < -0.39 is 16.4 Å². The summed E-state index contributed by atoms with van der Waals surface area (Å²) < 4.78 is 18.5. The number of nitro benzene ring substituents is 1. The van der Waals surface area contributed by atoms with Crippen molar-refractivity contribution in [1.29, 1.82) is 0 Å². The molecule has 0 unspecified atom stereocenters. The Morgan fingerprint density at radius 1 is 1.48 bits per heavy atom. The summed E-state index contributed by atoms with van der Waals surface area (Å²) in [5, 5.41) is 10.6. The van der Waals surface area contributed by atoms with Gasteiger partial charge in [-0.2, -0.15) is 4.39 Å². The topological polar surface area (TPSA) is 72.7 Å². The van der Waals surface area contributed by atoms with Crippen LogP contribution in [0.3, 0.4) is 0 Å². The van der Waals surface area contributed by atoms with Crippen molar-refractivity contribution < 1.29 is 18.8 Å². The third kappa shape index (κ3) is 5.11. The lowest BCUT2D eigenvalue weighted by Gasteiger charge is -2.25. The molecular formula is C14H19FN2O4. The zero-order valence-corrected chi connectivity index (χ0v) is 12.3. The van der Waals surface area contributed by atoms with E-state index in [1.54, 1.807) is 11.8 Å². The Balaban J connectivity index is 2.82. The fourth-order valence-electron chi connectivity index (χ4n) is 1.82. The Morgan fingerprint density at radius 3 is 2.62 bits per heavy atom. The summed E-state index contributed by atoms with van der Waals surface area (Å²) in [6, 6.07) is 3.79. The molecule has 7 heteroatoms. The van der Waals surface area contributed by atoms with Crippen molar-refractivity contribution in [2.75, 3.05) is 13.2 Å². The number of carbonyl (C=O) groups excluding carboxylic acids is 1. The fraction of sp³-hybridized carbons (Fsp3) is 0.500. The van der Waals surface area contributed by atoms with Crippen LogP contribution >= 0.6 is 0 Å². The van der Waals surface area contributed by atoms with E-state index >= 15 is 0 Å². The number of halogens is 1. The number of ether oxygens (including phenoxy) is 1. The van der Waals surface area contributed by atoms with Gasteiger partial charge in [-0.3, -0.25) is 19.8 Å². The average Bonchev–Trinajstić information content (AvgIpc) is 2.37. The van der Waals surface area contributed by atoms with Gasteiger partial charge in [0.25, 0.3) is 0 Å². The maximum Gasteiger partial charge on any atom is 0.320 e. The fourth-order valence-corrected chi connectivity index (χ4v) is 1.82. The number of nitro groups is 1. The number of hydrogen-bond donors (Lipinski definition) is 0. The SMILES string of the molecule is CCOC(=O)CN(Cc1ccc([N+](=O)[O-])c(F)c1)C(C)C. The van der Waals surface area contributed by atoms with Gasteiger partial charge in [0, 0.05) is 18.7 Å². The first-order valence-corrected chi connectivity index (χ1v) is 6.67. The van der Waals surface area contributed by atoms with Crippen molar-refractivity contribution >= 4 is 11.7 Å². The zero-order chi connectivity index (χ0) is 16.0. The molecule has 0 saturated carbocycles. The van der Waals surface area contributed by atoms with Gasteiger partial charge in [0.05, 0.1) is 18.1 Å². The first kappa shape index (κ1) is 17.0. The first-order chi connectivity index (χ1) is 9.85. The number of carbonyl (C=O) groups is 1. The van der Waals surface area contributed by atoms with Crippen LogP contribution in [0.4, 0.5) is 10.1 Å². The second kappa shape index (κ2) is 7.68. The second-order valence-electron chi connectivity index (χ2n) is 4.85. The summed E-state index contributed by atoms with van der Waals surface area (Å²) >= 11 is 0. The van der Waals surface area contributed by atoms with Gasteiger partial charge < -0.3 is 4.74 Å². The maximum atomic E-state index is 13.6. The predicted octanol–water partition coefficient (Wildman–Crippen LogP) is 2.51. The lowest BCUT2D eigenvalue weighted by atomic mass is 10.1. The molecule has 1 rings (SSSR count). The van der Waals surface area contributed by atoms with Crippen LogP contribution in [0.25, 0.3) is 0 Å². The molecule has 0 atom stereocenters. The number of nitrogens with zero attached hydrogens (tertiary/aromatic N) is 2. The summed E-state index contributed by atoms with van der Waals surface area (Å²) in [6.07, 6.45) is 0. The Bertz CT molecular complexity index is 520. The van der Waals surface area contributed by atoms with Crippen molar-refractivity contribution in [1.82, 2.24) is 4.90 Å². The highest BCUT2D eigenvalue weighted by molar-refractivity contribution is 5.71. The standard InChI is InChI=1S/C14H19FN2O4/c1-4-21-14(18)9-16(10(2)3)8-11-5-6-13(17(19)20)12(15)7-11/h5-7,10H,4,8-9H2,1-3H3. The van der Waals surface area contributed by atoms with Crippen molar-refractivity contribution in [3.63, 3.8) is 0 Å². The van der Waals surface area contributed by atoms with E-state index in [1.165, 1.54) is 6.07 Å². The number of hydrogen-bond acceptors (Lipinski definition) is 5. The average molecular weight is 298 g/mol. The molecule has 0 aliphatic heterocycles.